The zero-order valence-electron chi connectivity index (χ0n) is 15.8. The first-order valence-electron chi connectivity index (χ1n) is 8.66. The van der Waals surface area contributed by atoms with E-state index in [4.69, 9.17) is 9.47 Å². The van der Waals surface area contributed by atoms with Gasteiger partial charge in [-0.05, 0) is 36.4 Å². The average Bonchev–Trinajstić information content (AvgIpc) is 2.95. The van der Waals surface area contributed by atoms with Gasteiger partial charge < -0.3 is 20.1 Å². The largest absolute Gasteiger partial charge is 0.497 e. The van der Waals surface area contributed by atoms with Crippen molar-refractivity contribution < 1.29 is 23.9 Å². The molecule has 3 rings (SSSR count). The molecule has 1 unspecified atom stereocenters. The first kappa shape index (κ1) is 19.2. The highest BCUT2D eigenvalue weighted by Crippen LogP contribution is 2.35. The Balaban J connectivity index is 1.77. The van der Waals surface area contributed by atoms with Crippen LogP contribution in [0.1, 0.15) is 13.3 Å². The molecular formula is C20H21N3O5. The van der Waals surface area contributed by atoms with Gasteiger partial charge in [0.2, 0.25) is 11.8 Å². The Bertz CT molecular complexity index is 911. The van der Waals surface area contributed by atoms with Crippen LogP contribution in [0.2, 0.25) is 0 Å². The van der Waals surface area contributed by atoms with Gasteiger partial charge in [0.05, 0.1) is 26.3 Å². The molecule has 3 amide bonds. The number of hydrogen-bond acceptors (Lipinski definition) is 6. The number of imide groups is 1. The lowest BCUT2D eigenvalue weighted by Gasteiger charge is -2.19. The summed E-state index contributed by atoms with van der Waals surface area (Å²) in [5.41, 5.74) is 1.70. The normalized spacial score (nSPS) is 16.1. The number of nitrogens with one attached hydrogen (secondary N) is 2. The molecule has 0 aromatic heterocycles. The molecule has 1 heterocycles. The van der Waals surface area contributed by atoms with Crippen LogP contribution in [0.3, 0.4) is 0 Å². The third-order valence-corrected chi connectivity index (χ3v) is 4.32. The Labute approximate surface area is 162 Å². The Morgan fingerprint density at radius 3 is 2.32 bits per heavy atom. The number of rotatable bonds is 6. The van der Waals surface area contributed by atoms with Crippen LogP contribution in [0.4, 0.5) is 17.1 Å². The summed E-state index contributed by atoms with van der Waals surface area (Å²) in [4.78, 5) is 37.6. The van der Waals surface area contributed by atoms with E-state index in [9.17, 15) is 14.4 Å². The van der Waals surface area contributed by atoms with Crippen molar-refractivity contribution in [1.82, 2.24) is 0 Å². The molecule has 28 heavy (non-hydrogen) atoms. The number of hydrogen-bond donors (Lipinski definition) is 2. The van der Waals surface area contributed by atoms with E-state index >= 15 is 0 Å². The number of carbonyl (C=O) groups excluding carboxylic acids is 3. The molecule has 2 N–H and O–H groups in total. The molecule has 1 fully saturated rings. The first-order chi connectivity index (χ1) is 13.4. The molecule has 1 saturated heterocycles. The third kappa shape index (κ3) is 3.90. The minimum Gasteiger partial charge on any atom is -0.497 e. The minimum absolute atomic E-state index is 0.0292. The summed E-state index contributed by atoms with van der Waals surface area (Å²) < 4.78 is 10.5. The molecule has 0 bridgehead atoms. The van der Waals surface area contributed by atoms with Crippen molar-refractivity contribution in [1.29, 1.82) is 0 Å². The third-order valence-electron chi connectivity index (χ3n) is 4.32. The van der Waals surface area contributed by atoms with Gasteiger partial charge in [-0.2, -0.15) is 0 Å². The Morgan fingerprint density at radius 1 is 1.04 bits per heavy atom. The smallest absolute Gasteiger partial charge is 0.256 e. The molecule has 146 valence electrons. The molecule has 8 heteroatoms. The van der Waals surface area contributed by atoms with Crippen molar-refractivity contribution in [2.45, 2.75) is 19.4 Å². The van der Waals surface area contributed by atoms with Gasteiger partial charge in [-0.3, -0.25) is 14.4 Å². The first-order valence-corrected chi connectivity index (χ1v) is 8.66. The van der Waals surface area contributed by atoms with E-state index in [1.165, 1.54) is 21.1 Å². The van der Waals surface area contributed by atoms with Crippen molar-refractivity contribution in [3.05, 3.63) is 42.5 Å². The van der Waals surface area contributed by atoms with Crippen LogP contribution in [0.5, 0.6) is 11.5 Å². The molecule has 1 aliphatic rings. The van der Waals surface area contributed by atoms with Crippen LogP contribution in [-0.2, 0) is 14.4 Å². The maximum absolute atomic E-state index is 12.9. The predicted molar refractivity (Wildman–Crippen MR) is 105 cm³/mol. The van der Waals surface area contributed by atoms with Crippen molar-refractivity contribution in [3.8, 4) is 11.5 Å². The summed E-state index contributed by atoms with van der Waals surface area (Å²) in [7, 11) is 2.99. The van der Waals surface area contributed by atoms with E-state index < -0.39 is 6.04 Å². The fourth-order valence-electron chi connectivity index (χ4n) is 3.02. The van der Waals surface area contributed by atoms with Crippen molar-refractivity contribution in [2.75, 3.05) is 29.8 Å². The van der Waals surface area contributed by atoms with E-state index in [0.717, 1.165) is 4.90 Å². The Morgan fingerprint density at radius 2 is 1.71 bits per heavy atom. The molecule has 1 aliphatic heterocycles. The summed E-state index contributed by atoms with van der Waals surface area (Å²) in [6.45, 7) is 1.43. The van der Waals surface area contributed by atoms with Crippen molar-refractivity contribution >= 4 is 34.8 Å². The maximum atomic E-state index is 12.9. The van der Waals surface area contributed by atoms with Gasteiger partial charge in [0.1, 0.15) is 17.5 Å². The lowest BCUT2D eigenvalue weighted by Crippen LogP contribution is -2.35. The van der Waals surface area contributed by atoms with Crippen LogP contribution >= 0.6 is 0 Å². The van der Waals surface area contributed by atoms with E-state index in [2.05, 4.69) is 10.6 Å². The summed E-state index contributed by atoms with van der Waals surface area (Å²) in [6.07, 6.45) is 0.0292. The zero-order valence-corrected chi connectivity index (χ0v) is 15.8. The van der Waals surface area contributed by atoms with E-state index in [0.29, 0.717) is 28.6 Å². The summed E-state index contributed by atoms with van der Waals surface area (Å²) in [5.74, 6) is 0.0941. The van der Waals surface area contributed by atoms with Crippen LogP contribution in [-0.4, -0.2) is 38.0 Å². The van der Waals surface area contributed by atoms with E-state index in [1.807, 2.05) is 0 Å². The molecule has 0 radical (unpaired) electrons. The molecule has 8 nitrogen and oxygen atoms in total. The predicted octanol–water partition coefficient (Wildman–Crippen LogP) is 2.41. The molecule has 0 spiro atoms. The number of ether oxygens (including phenoxy) is 2. The lowest BCUT2D eigenvalue weighted by atomic mass is 10.2. The number of carbonyl (C=O) groups is 3. The molecule has 2 aromatic carbocycles. The highest BCUT2D eigenvalue weighted by Gasteiger charge is 2.40. The quantitative estimate of drug-likeness (QED) is 0.744. The van der Waals surface area contributed by atoms with Gasteiger partial charge in [-0.15, -0.1) is 0 Å². The van der Waals surface area contributed by atoms with Crippen molar-refractivity contribution in [2.24, 2.45) is 0 Å². The fourth-order valence-corrected chi connectivity index (χ4v) is 3.02. The van der Waals surface area contributed by atoms with Crippen LogP contribution in [0, 0.1) is 0 Å². The fraction of sp³-hybridized carbons (Fsp3) is 0.250. The van der Waals surface area contributed by atoms with Crippen LogP contribution in [0.15, 0.2) is 42.5 Å². The standard InChI is InChI=1S/C20H21N3O5/c1-12(24)21-13-4-6-14(7-5-13)22-16-11-19(25)23(20(16)26)17-9-8-15(27-2)10-18(17)28-3/h4-10,16,22H,11H2,1-3H3,(H,21,24). The highest BCUT2D eigenvalue weighted by atomic mass is 16.5. The van der Waals surface area contributed by atoms with Crippen LogP contribution in [0.25, 0.3) is 0 Å². The number of benzene rings is 2. The molecule has 1 atom stereocenters. The number of anilines is 3. The van der Waals surface area contributed by atoms with E-state index in [1.54, 1.807) is 42.5 Å². The summed E-state index contributed by atoms with van der Waals surface area (Å²) >= 11 is 0. The van der Waals surface area contributed by atoms with Gasteiger partial charge in [0.15, 0.2) is 0 Å². The Kier molecular flexibility index (Phi) is 5.49. The second-order valence-corrected chi connectivity index (χ2v) is 6.26. The SMILES string of the molecule is COc1ccc(N2C(=O)CC(Nc3ccc(NC(C)=O)cc3)C2=O)c(OC)c1. The number of methoxy groups -OCH3 is 2. The second-order valence-electron chi connectivity index (χ2n) is 6.26. The summed E-state index contributed by atoms with van der Waals surface area (Å²) in [6, 6.07) is 11.1. The maximum Gasteiger partial charge on any atom is 0.256 e. The van der Waals surface area contributed by atoms with Crippen molar-refractivity contribution in [3.63, 3.8) is 0 Å². The molecule has 0 aliphatic carbocycles. The number of amides is 3. The van der Waals surface area contributed by atoms with Gasteiger partial charge in [-0.1, -0.05) is 0 Å². The highest BCUT2D eigenvalue weighted by molar-refractivity contribution is 6.23. The van der Waals surface area contributed by atoms with Gasteiger partial charge in [0, 0.05) is 24.4 Å². The average molecular weight is 383 g/mol. The van der Waals surface area contributed by atoms with Gasteiger partial charge in [0.25, 0.3) is 5.91 Å². The molecule has 2 aromatic rings. The lowest BCUT2D eigenvalue weighted by molar-refractivity contribution is -0.121. The Hall–Kier alpha value is -3.55. The topological polar surface area (TPSA) is 97.0 Å². The molecule has 0 saturated carbocycles. The zero-order chi connectivity index (χ0) is 20.3. The van der Waals surface area contributed by atoms with Gasteiger partial charge >= 0.3 is 0 Å². The summed E-state index contributed by atoms with van der Waals surface area (Å²) in [5, 5.41) is 5.74. The van der Waals surface area contributed by atoms with E-state index in [-0.39, 0.29) is 24.1 Å². The van der Waals surface area contributed by atoms with Gasteiger partial charge in [-0.25, -0.2) is 4.90 Å². The monoisotopic (exact) mass is 383 g/mol. The minimum atomic E-state index is -0.689. The second kappa shape index (κ2) is 7.99. The van der Waals surface area contributed by atoms with Crippen LogP contribution < -0.4 is 25.0 Å². The molecular weight excluding hydrogens is 362 g/mol. The number of nitrogens with zero attached hydrogens (tertiary/aromatic N) is 1.